The van der Waals surface area contributed by atoms with E-state index in [4.69, 9.17) is 5.10 Å². The van der Waals surface area contributed by atoms with Crippen molar-refractivity contribution in [2.45, 2.75) is 31.6 Å². The first-order valence-corrected chi connectivity index (χ1v) is 11.3. The Labute approximate surface area is 185 Å². The summed E-state index contributed by atoms with van der Waals surface area (Å²) in [5.74, 6) is 0.220. The molecule has 4 heterocycles. The lowest BCUT2D eigenvalue weighted by atomic mass is 9.66. The smallest absolute Gasteiger partial charge is 0.271 e. The van der Waals surface area contributed by atoms with Crippen LogP contribution in [-0.4, -0.2) is 60.7 Å². The molecule has 2 atom stereocenters. The van der Waals surface area contributed by atoms with E-state index in [1.54, 1.807) is 0 Å². The van der Waals surface area contributed by atoms with E-state index in [1.165, 1.54) is 11.1 Å². The molecule has 31 heavy (non-hydrogen) atoms. The number of fused-ring (bicyclic) bond motifs is 1. The Morgan fingerprint density at radius 1 is 0.968 bits per heavy atom. The molecular weight excluding hydrogens is 384 g/mol. The largest absolute Gasteiger partial charge is 0.300 e. The van der Waals surface area contributed by atoms with E-state index in [0.29, 0.717) is 11.5 Å². The molecule has 4 saturated heterocycles. The Hall–Kier alpha value is -2.50. The highest BCUT2D eigenvalue weighted by Gasteiger charge is 2.53. The van der Waals surface area contributed by atoms with E-state index < -0.39 is 0 Å². The van der Waals surface area contributed by atoms with Crippen LogP contribution in [0.1, 0.15) is 42.3 Å². The summed E-state index contributed by atoms with van der Waals surface area (Å²) in [6.07, 6.45) is 0. The van der Waals surface area contributed by atoms with Crippen LogP contribution in [0.2, 0.25) is 0 Å². The van der Waals surface area contributed by atoms with Crippen molar-refractivity contribution in [1.82, 2.24) is 15.2 Å². The first-order chi connectivity index (χ1) is 14.8. The Balaban J connectivity index is 1.45. The van der Waals surface area contributed by atoms with E-state index in [1.807, 2.05) is 24.3 Å². The molecule has 162 valence electrons. The van der Waals surface area contributed by atoms with Crippen LogP contribution in [0.25, 0.3) is 0 Å². The number of nitrogens with one attached hydrogen (secondary N) is 1. The van der Waals surface area contributed by atoms with Gasteiger partial charge in [-0.25, -0.2) is 5.43 Å². The van der Waals surface area contributed by atoms with Crippen LogP contribution in [0, 0.1) is 5.92 Å². The molecule has 0 radical (unpaired) electrons. The second kappa shape index (κ2) is 7.57. The summed E-state index contributed by atoms with van der Waals surface area (Å²) in [7, 11) is 0. The van der Waals surface area contributed by atoms with Gasteiger partial charge in [0.15, 0.2) is 0 Å². The maximum Gasteiger partial charge on any atom is 0.271 e. The lowest BCUT2D eigenvalue weighted by Crippen LogP contribution is -2.64. The molecule has 4 aliphatic heterocycles. The topological polar surface area (TPSA) is 47.9 Å². The highest BCUT2D eigenvalue weighted by molar-refractivity contribution is 6.01. The number of nitrogens with zero attached hydrogens (tertiary/aromatic N) is 3. The average Bonchev–Trinajstić information content (AvgIpc) is 3.01. The zero-order valence-electron chi connectivity index (χ0n) is 18.8. The summed E-state index contributed by atoms with van der Waals surface area (Å²) >= 11 is 0. The number of hydrogen-bond donors (Lipinski definition) is 1. The fraction of sp³-hybridized carbons (Fsp3) is 0.462. The molecule has 2 aromatic rings. The minimum Gasteiger partial charge on any atom is -0.300 e. The molecule has 1 amide bonds. The van der Waals surface area contributed by atoms with Gasteiger partial charge in [0, 0.05) is 50.7 Å². The fourth-order valence-corrected chi connectivity index (χ4v) is 5.56. The zero-order chi connectivity index (χ0) is 21.6. The minimum atomic E-state index is -0.150. The molecule has 6 rings (SSSR count). The Bertz CT molecular complexity index is 974. The predicted octanol–water partition coefficient (Wildman–Crippen LogP) is 3.27. The average molecular weight is 417 g/mol. The van der Waals surface area contributed by atoms with Gasteiger partial charge in [0.05, 0.1) is 11.1 Å². The first-order valence-electron chi connectivity index (χ1n) is 11.3. The predicted molar refractivity (Wildman–Crippen MR) is 125 cm³/mol. The monoisotopic (exact) mass is 416 g/mol. The number of benzene rings is 2. The third kappa shape index (κ3) is 3.70. The van der Waals surface area contributed by atoms with Crippen molar-refractivity contribution in [3.05, 3.63) is 71.3 Å². The van der Waals surface area contributed by atoms with Gasteiger partial charge in [-0.05, 0) is 28.7 Å². The van der Waals surface area contributed by atoms with Crippen molar-refractivity contribution in [1.29, 1.82) is 0 Å². The van der Waals surface area contributed by atoms with Gasteiger partial charge in [-0.1, -0.05) is 63.2 Å². The molecule has 0 aromatic heterocycles. The van der Waals surface area contributed by atoms with Crippen LogP contribution in [0.15, 0.2) is 59.7 Å². The van der Waals surface area contributed by atoms with E-state index in [-0.39, 0.29) is 16.7 Å². The van der Waals surface area contributed by atoms with Crippen LogP contribution in [0.4, 0.5) is 0 Å². The SMILES string of the molecule is CC(C)(C)c1ccc(C(=O)N/N=C2/C3CN4CCN(C3)CC2(c2ccccc2)C4)cc1. The number of rotatable bonds is 3. The summed E-state index contributed by atoms with van der Waals surface area (Å²) in [4.78, 5) is 18.1. The highest BCUT2D eigenvalue weighted by atomic mass is 16.2. The van der Waals surface area contributed by atoms with Crippen molar-refractivity contribution >= 4 is 11.6 Å². The molecular formula is C26H32N4O. The van der Waals surface area contributed by atoms with Gasteiger partial charge in [0.2, 0.25) is 0 Å². The Morgan fingerprint density at radius 2 is 1.58 bits per heavy atom. The van der Waals surface area contributed by atoms with Gasteiger partial charge >= 0.3 is 0 Å². The van der Waals surface area contributed by atoms with Crippen molar-refractivity contribution < 1.29 is 4.79 Å². The molecule has 4 aliphatic rings. The molecule has 2 unspecified atom stereocenters. The van der Waals surface area contributed by atoms with Crippen molar-refractivity contribution in [2.24, 2.45) is 11.0 Å². The first kappa shape index (κ1) is 20.4. The second-order valence-electron chi connectivity index (χ2n) is 10.4. The Kier molecular flexibility index (Phi) is 4.98. The van der Waals surface area contributed by atoms with Crippen molar-refractivity contribution in [3.63, 3.8) is 0 Å². The van der Waals surface area contributed by atoms with E-state index in [9.17, 15) is 4.79 Å². The summed E-state index contributed by atoms with van der Waals surface area (Å²) in [5.41, 5.74) is 7.16. The summed E-state index contributed by atoms with van der Waals surface area (Å²) in [6.45, 7) is 12.8. The molecule has 1 N–H and O–H groups in total. The number of hydrazone groups is 1. The number of carbonyl (C=O) groups excluding carboxylic acids is 1. The number of carbonyl (C=O) groups is 1. The summed E-state index contributed by atoms with van der Waals surface area (Å²) < 4.78 is 0. The molecule has 4 fully saturated rings. The molecule has 5 nitrogen and oxygen atoms in total. The van der Waals surface area contributed by atoms with Crippen LogP contribution in [-0.2, 0) is 10.8 Å². The fourth-order valence-electron chi connectivity index (χ4n) is 5.56. The quantitative estimate of drug-likeness (QED) is 0.782. The number of piperidine rings is 2. The third-order valence-electron chi connectivity index (χ3n) is 7.17. The van der Waals surface area contributed by atoms with Crippen molar-refractivity contribution in [3.8, 4) is 0 Å². The second-order valence-corrected chi connectivity index (χ2v) is 10.4. The summed E-state index contributed by atoms with van der Waals surface area (Å²) in [6, 6.07) is 18.6. The van der Waals surface area contributed by atoms with Gasteiger partial charge in [-0.15, -0.1) is 0 Å². The normalized spacial score (nSPS) is 30.9. The van der Waals surface area contributed by atoms with Crippen LogP contribution < -0.4 is 5.43 Å². The van der Waals surface area contributed by atoms with Crippen molar-refractivity contribution in [2.75, 3.05) is 39.3 Å². The molecule has 0 saturated carbocycles. The molecule has 4 bridgehead atoms. The number of amides is 1. The lowest BCUT2D eigenvalue weighted by Gasteiger charge is -2.50. The maximum atomic E-state index is 12.9. The zero-order valence-corrected chi connectivity index (χ0v) is 18.8. The standard InChI is InChI=1S/C26H32N4O/c1-25(2,3)21-11-9-19(10-12-21)24(31)28-27-23-20-15-29-13-14-30(16-20)18-26(23,17-29)22-7-5-4-6-8-22/h4-12,20H,13-18H2,1-3H3,(H,28,31)/b27-23-. The molecule has 5 heteroatoms. The molecule has 0 aliphatic carbocycles. The van der Waals surface area contributed by atoms with E-state index in [2.05, 4.69) is 66.3 Å². The van der Waals surface area contributed by atoms with Gasteiger partial charge in [-0.3, -0.25) is 4.79 Å². The molecule has 2 aromatic carbocycles. The Morgan fingerprint density at radius 3 is 2.16 bits per heavy atom. The van der Waals surface area contributed by atoms with E-state index >= 15 is 0 Å². The lowest BCUT2D eigenvalue weighted by molar-refractivity contribution is 0.0952. The van der Waals surface area contributed by atoms with Gasteiger partial charge in [0.25, 0.3) is 5.91 Å². The van der Waals surface area contributed by atoms with E-state index in [0.717, 1.165) is 45.0 Å². The van der Waals surface area contributed by atoms with Crippen LogP contribution >= 0.6 is 0 Å². The van der Waals surface area contributed by atoms with Gasteiger partial charge in [-0.2, -0.15) is 5.10 Å². The molecule has 0 spiro atoms. The van der Waals surface area contributed by atoms with Gasteiger partial charge in [0.1, 0.15) is 0 Å². The number of hydrogen-bond acceptors (Lipinski definition) is 4. The van der Waals surface area contributed by atoms with Crippen LogP contribution in [0.5, 0.6) is 0 Å². The highest BCUT2D eigenvalue weighted by Crippen LogP contribution is 2.41. The van der Waals surface area contributed by atoms with Gasteiger partial charge < -0.3 is 9.80 Å². The minimum absolute atomic E-state index is 0.0703. The maximum absolute atomic E-state index is 12.9. The third-order valence-corrected chi connectivity index (χ3v) is 7.17. The van der Waals surface area contributed by atoms with Crippen LogP contribution in [0.3, 0.4) is 0 Å². The summed E-state index contributed by atoms with van der Waals surface area (Å²) in [5, 5.41) is 4.82.